The molecule has 0 bridgehead atoms. The van der Waals surface area contributed by atoms with Gasteiger partial charge in [0, 0.05) is 8.04 Å². The summed E-state index contributed by atoms with van der Waals surface area (Å²) >= 11 is 5.74. The number of furan rings is 1. The Morgan fingerprint density at radius 3 is 2.81 bits per heavy atom. The Morgan fingerprint density at radius 2 is 2.19 bits per heavy atom. The first kappa shape index (κ1) is 12.1. The zero-order chi connectivity index (χ0) is 11.5. The lowest BCUT2D eigenvalue weighted by atomic mass is 10.1. The molecular formula is C11H10BrIN2O. The first-order valence-electron chi connectivity index (χ1n) is 4.67. The minimum atomic E-state index is -0.126. The van der Waals surface area contributed by atoms with Crippen molar-refractivity contribution in [3.8, 4) is 0 Å². The minimum Gasteiger partial charge on any atom is -0.467 e. The van der Waals surface area contributed by atoms with E-state index in [1.807, 2.05) is 30.3 Å². The van der Waals surface area contributed by atoms with Crippen molar-refractivity contribution in [3.05, 3.63) is 56.0 Å². The van der Waals surface area contributed by atoms with Gasteiger partial charge in [0.1, 0.15) is 11.8 Å². The van der Waals surface area contributed by atoms with Gasteiger partial charge in [-0.3, -0.25) is 5.84 Å². The molecular weight excluding hydrogens is 383 g/mol. The second kappa shape index (κ2) is 5.31. The molecule has 0 aliphatic rings. The molecule has 1 atom stereocenters. The summed E-state index contributed by atoms with van der Waals surface area (Å²) in [5.41, 5.74) is 3.86. The first-order valence-corrected chi connectivity index (χ1v) is 6.54. The van der Waals surface area contributed by atoms with E-state index in [1.165, 1.54) is 0 Å². The molecule has 0 saturated carbocycles. The largest absolute Gasteiger partial charge is 0.467 e. The molecule has 2 rings (SSSR count). The summed E-state index contributed by atoms with van der Waals surface area (Å²) in [7, 11) is 0. The fraction of sp³-hybridized carbons (Fsp3) is 0.0909. The number of nitrogens with one attached hydrogen (secondary N) is 1. The van der Waals surface area contributed by atoms with Crippen LogP contribution in [0, 0.1) is 3.57 Å². The molecule has 5 heteroatoms. The standard InChI is InChI=1S/C11H10BrIN2O/c12-7-3-4-9(13)8(6-7)11(15-14)10-2-1-5-16-10/h1-6,11,15H,14H2. The maximum Gasteiger partial charge on any atom is 0.126 e. The Labute approximate surface area is 116 Å². The minimum absolute atomic E-state index is 0.126. The average molecular weight is 393 g/mol. The van der Waals surface area contributed by atoms with Crippen LogP contribution in [0.25, 0.3) is 0 Å². The maximum absolute atomic E-state index is 5.59. The van der Waals surface area contributed by atoms with E-state index in [1.54, 1.807) is 6.26 Å². The molecule has 3 nitrogen and oxygen atoms in total. The van der Waals surface area contributed by atoms with Crippen LogP contribution in [0.1, 0.15) is 17.4 Å². The van der Waals surface area contributed by atoms with Gasteiger partial charge in [0.2, 0.25) is 0 Å². The summed E-state index contributed by atoms with van der Waals surface area (Å²) in [6.07, 6.45) is 1.64. The molecule has 1 unspecified atom stereocenters. The van der Waals surface area contributed by atoms with Gasteiger partial charge in [-0.25, -0.2) is 5.43 Å². The van der Waals surface area contributed by atoms with Gasteiger partial charge >= 0.3 is 0 Å². The monoisotopic (exact) mass is 392 g/mol. The lowest BCUT2D eigenvalue weighted by molar-refractivity contribution is 0.451. The van der Waals surface area contributed by atoms with Crippen molar-refractivity contribution in [3.63, 3.8) is 0 Å². The van der Waals surface area contributed by atoms with Gasteiger partial charge < -0.3 is 4.42 Å². The van der Waals surface area contributed by atoms with Gasteiger partial charge in [0.05, 0.1) is 6.26 Å². The second-order valence-corrected chi connectivity index (χ2v) is 5.36. The Bertz CT molecular complexity index is 473. The quantitative estimate of drug-likeness (QED) is 0.479. The van der Waals surface area contributed by atoms with Gasteiger partial charge in [0.15, 0.2) is 0 Å². The van der Waals surface area contributed by atoms with Crippen molar-refractivity contribution < 1.29 is 4.42 Å². The summed E-state index contributed by atoms with van der Waals surface area (Å²) in [6, 6.07) is 9.70. The van der Waals surface area contributed by atoms with Crippen LogP contribution in [-0.4, -0.2) is 0 Å². The van der Waals surface area contributed by atoms with E-state index in [2.05, 4.69) is 43.9 Å². The summed E-state index contributed by atoms with van der Waals surface area (Å²) in [5, 5.41) is 0. The van der Waals surface area contributed by atoms with Gasteiger partial charge in [-0.1, -0.05) is 15.9 Å². The van der Waals surface area contributed by atoms with Crippen LogP contribution in [-0.2, 0) is 0 Å². The third-order valence-electron chi connectivity index (χ3n) is 2.26. The van der Waals surface area contributed by atoms with Crippen LogP contribution in [0.5, 0.6) is 0 Å². The molecule has 0 amide bonds. The summed E-state index contributed by atoms with van der Waals surface area (Å²) in [6.45, 7) is 0. The maximum atomic E-state index is 5.59. The van der Waals surface area contributed by atoms with Crippen molar-refractivity contribution in [2.75, 3.05) is 0 Å². The zero-order valence-corrected chi connectivity index (χ0v) is 12.0. The highest BCUT2D eigenvalue weighted by Crippen LogP contribution is 2.28. The van der Waals surface area contributed by atoms with Crippen LogP contribution in [0.4, 0.5) is 0 Å². The predicted octanol–water partition coefficient (Wildman–Crippen LogP) is 3.20. The molecule has 0 spiro atoms. The highest BCUT2D eigenvalue weighted by atomic mass is 127. The second-order valence-electron chi connectivity index (χ2n) is 3.28. The molecule has 0 radical (unpaired) electrons. The van der Waals surface area contributed by atoms with E-state index in [0.29, 0.717) is 0 Å². The van der Waals surface area contributed by atoms with Gasteiger partial charge in [-0.15, -0.1) is 0 Å². The molecule has 3 N–H and O–H groups in total. The molecule has 0 fully saturated rings. The van der Waals surface area contributed by atoms with Crippen molar-refractivity contribution in [1.29, 1.82) is 0 Å². The van der Waals surface area contributed by atoms with Gasteiger partial charge in [-0.05, 0) is 58.5 Å². The number of benzene rings is 1. The lowest BCUT2D eigenvalue weighted by Gasteiger charge is -2.15. The van der Waals surface area contributed by atoms with Gasteiger partial charge in [0.25, 0.3) is 0 Å². The fourth-order valence-corrected chi connectivity index (χ4v) is 2.54. The van der Waals surface area contributed by atoms with E-state index >= 15 is 0 Å². The number of hydrogen-bond donors (Lipinski definition) is 2. The molecule has 1 aromatic heterocycles. The highest BCUT2D eigenvalue weighted by Gasteiger charge is 2.17. The van der Waals surface area contributed by atoms with Crippen molar-refractivity contribution in [2.45, 2.75) is 6.04 Å². The molecule has 16 heavy (non-hydrogen) atoms. The van der Waals surface area contributed by atoms with E-state index in [-0.39, 0.29) is 6.04 Å². The number of hydrogen-bond acceptors (Lipinski definition) is 3. The lowest BCUT2D eigenvalue weighted by Crippen LogP contribution is -2.29. The predicted molar refractivity (Wildman–Crippen MR) is 74.7 cm³/mol. The van der Waals surface area contributed by atoms with Crippen LogP contribution in [0.3, 0.4) is 0 Å². The highest BCUT2D eigenvalue weighted by molar-refractivity contribution is 14.1. The fourth-order valence-electron chi connectivity index (χ4n) is 1.52. The normalized spacial score (nSPS) is 12.7. The van der Waals surface area contributed by atoms with E-state index < -0.39 is 0 Å². The Balaban J connectivity index is 2.44. The number of hydrazine groups is 1. The van der Waals surface area contributed by atoms with Crippen LogP contribution in [0.15, 0.2) is 45.5 Å². The topological polar surface area (TPSA) is 51.2 Å². The molecule has 84 valence electrons. The SMILES string of the molecule is NNC(c1ccco1)c1cc(Br)ccc1I. The zero-order valence-electron chi connectivity index (χ0n) is 8.28. The Kier molecular flexibility index (Phi) is 4.01. The number of halogens is 2. The van der Waals surface area contributed by atoms with Crippen molar-refractivity contribution in [1.82, 2.24) is 5.43 Å². The number of rotatable bonds is 3. The summed E-state index contributed by atoms with van der Waals surface area (Å²) in [4.78, 5) is 0. The third-order valence-corrected chi connectivity index (χ3v) is 3.74. The van der Waals surface area contributed by atoms with Crippen LogP contribution >= 0.6 is 38.5 Å². The molecule has 1 heterocycles. The smallest absolute Gasteiger partial charge is 0.126 e. The van der Waals surface area contributed by atoms with Crippen molar-refractivity contribution >= 4 is 38.5 Å². The molecule has 0 aliphatic heterocycles. The average Bonchev–Trinajstić information content (AvgIpc) is 2.78. The van der Waals surface area contributed by atoms with Crippen LogP contribution in [0.2, 0.25) is 0 Å². The molecule has 0 aliphatic carbocycles. The molecule has 2 aromatic rings. The summed E-state index contributed by atoms with van der Waals surface area (Å²) < 4.78 is 7.54. The van der Waals surface area contributed by atoms with E-state index in [4.69, 9.17) is 10.3 Å². The van der Waals surface area contributed by atoms with Crippen LogP contribution < -0.4 is 11.3 Å². The Hall–Kier alpha value is -0.370. The molecule has 1 aromatic carbocycles. The van der Waals surface area contributed by atoms with E-state index in [0.717, 1.165) is 19.4 Å². The summed E-state index contributed by atoms with van der Waals surface area (Å²) in [5.74, 6) is 6.39. The molecule has 0 saturated heterocycles. The van der Waals surface area contributed by atoms with Gasteiger partial charge in [-0.2, -0.15) is 0 Å². The van der Waals surface area contributed by atoms with E-state index in [9.17, 15) is 0 Å². The van der Waals surface area contributed by atoms with Crippen molar-refractivity contribution in [2.24, 2.45) is 5.84 Å². The Morgan fingerprint density at radius 1 is 1.38 bits per heavy atom. The number of nitrogens with two attached hydrogens (primary N) is 1. The third kappa shape index (κ3) is 2.48. The first-order chi connectivity index (χ1) is 7.72.